The predicted molar refractivity (Wildman–Crippen MR) is 97.9 cm³/mol. The molecule has 0 unspecified atom stereocenters. The number of imidazole rings is 1. The van der Waals surface area contributed by atoms with Crippen LogP contribution in [-0.4, -0.2) is 9.97 Å². The number of H-pyrrole nitrogens is 1. The normalized spacial score (nSPS) is 10.3. The minimum atomic E-state index is 0.612. The van der Waals surface area contributed by atoms with Gasteiger partial charge in [-0.1, -0.05) is 48.5 Å². The Kier molecular flexibility index (Phi) is 3.50. The van der Waals surface area contributed by atoms with Crippen molar-refractivity contribution in [1.82, 2.24) is 9.97 Å². The van der Waals surface area contributed by atoms with E-state index in [2.05, 4.69) is 20.9 Å². The van der Waals surface area contributed by atoms with E-state index in [9.17, 15) is 0 Å². The Labute approximate surface area is 144 Å². The van der Waals surface area contributed by atoms with Crippen LogP contribution in [0, 0.1) is 17.9 Å². The molecular weight excluding hydrogens is 308 g/mol. The first-order valence-electron chi connectivity index (χ1n) is 7.75. The summed E-state index contributed by atoms with van der Waals surface area (Å²) in [7, 11) is 0. The van der Waals surface area contributed by atoms with Crippen molar-refractivity contribution in [2.75, 3.05) is 0 Å². The third kappa shape index (κ3) is 2.73. The second-order valence-electron chi connectivity index (χ2n) is 5.67. The van der Waals surface area contributed by atoms with Gasteiger partial charge in [0.1, 0.15) is 5.82 Å². The van der Waals surface area contributed by atoms with E-state index in [4.69, 9.17) is 11.8 Å². The van der Waals surface area contributed by atoms with Gasteiger partial charge in [0.25, 0.3) is 0 Å². The highest BCUT2D eigenvalue weighted by Crippen LogP contribution is 2.26. The Hall–Kier alpha value is -3.89. The third-order valence-corrected chi connectivity index (χ3v) is 4.10. The Morgan fingerprint density at radius 2 is 1.52 bits per heavy atom. The van der Waals surface area contributed by atoms with Gasteiger partial charge in [0.2, 0.25) is 0 Å². The molecule has 0 aliphatic heterocycles. The lowest BCUT2D eigenvalue weighted by Gasteiger charge is -2.03. The minimum absolute atomic E-state index is 0.612. The van der Waals surface area contributed by atoms with Crippen molar-refractivity contribution < 1.29 is 0 Å². The summed E-state index contributed by atoms with van der Waals surface area (Å²) in [6.07, 6.45) is 0. The van der Waals surface area contributed by atoms with Gasteiger partial charge in [0.05, 0.1) is 29.2 Å². The zero-order valence-corrected chi connectivity index (χ0v) is 13.2. The Balaban J connectivity index is 1.67. The molecule has 0 atom stereocenters. The number of aromatic nitrogens is 2. The van der Waals surface area contributed by atoms with Gasteiger partial charge in [-0.2, -0.15) is 5.26 Å². The molecule has 4 aromatic rings. The van der Waals surface area contributed by atoms with Crippen molar-refractivity contribution in [3.8, 4) is 28.6 Å². The van der Waals surface area contributed by atoms with Gasteiger partial charge in [-0.05, 0) is 29.3 Å². The monoisotopic (exact) mass is 320 g/mol. The van der Waals surface area contributed by atoms with Crippen LogP contribution in [0.15, 0.2) is 66.7 Å². The van der Waals surface area contributed by atoms with E-state index >= 15 is 0 Å². The third-order valence-electron chi connectivity index (χ3n) is 4.10. The van der Waals surface area contributed by atoms with E-state index in [1.165, 1.54) is 0 Å². The first-order chi connectivity index (χ1) is 12.3. The van der Waals surface area contributed by atoms with Gasteiger partial charge in [-0.3, -0.25) is 0 Å². The van der Waals surface area contributed by atoms with Crippen molar-refractivity contribution >= 4 is 16.7 Å². The summed E-state index contributed by atoms with van der Waals surface area (Å²) in [5.41, 5.74) is 6.09. The first-order valence-corrected chi connectivity index (χ1v) is 7.75. The van der Waals surface area contributed by atoms with Crippen molar-refractivity contribution in [3.63, 3.8) is 0 Å². The number of fused-ring (bicyclic) bond motifs is 1. The fourth-order valence-corrected chi connectivity index (χ4v) is 2.76. The lowest BCUT2D eigenvalue weighted by Crippen LogP contribution is -1.82. The second kappa shape index (κ2) is 5.96. The molecule has 1 heterocycles. The molecule has 1 aromatic heterocycles. The number of aromatic amines is 1. The maximum Gasteiger partial charge on any atom is 0.187 e. The first kappa shape index (κ1) is 14.7. The number of nitrogens with one attached hydrogen (secondary N) is 1. The van der Waals surface area contributed by atoms with Crippen LogP contribution in [0.3, 0.4) is 0 Å². The van der Waals surface area contributed by atoms with Gasteiger partial charge < -0.3 is 4.98 Å². The fourth-order valence-electron chi connectivity index (χ4n) is 2.76. The summed E-state index contributed by atoms with van der Waals surface area (Å²) in [6.45, 7) is 7.01. The molecule has 0 aliphatic rings. The summed E-state index contributed by atoms with van der Waals surface area (Å²) >= 11 is 0. The summed E-state index contributed by atoms with van der Waals surface area (Å²) in [4.78, 5) is 11.3. The zero-order chi connectivity index (χ0) is 17.2. The SMILES string of the molecule is [C-]#[N+]c1ccc(-c2ccc(-c3nc4ccc(C#N)cc4[nH]3)cc2)cc1. The minimum Gasteiger partial charge on any atom is -0.338 e. The quantitative estimate of drug-likeness (QED) is 0.508. The summed E-state index contributed by atoms with van der Waals surface area (Å²) in [5, 5.41) is 8.99. The molecule has 3 aromatic carbocycles. The molecule has 0 fully saturated rings. The number of nitrogens with zero attached hydrogens (tertiary/aromatic N) is 3. The number of rotatable bonds is 2. The summed E-state index contributed by atoms with van der Waals surface area (Å²) in [6, 6.07) is 23.2. The van der Waals surface area contributed by atoms with Crippen LogP contribution in [0.25, 0.3) is 38.4 Å². The van der Waals surface area contributed by atoms with Crippen LogP contribution in [0.5, 0.6) is 0 Å². The summed E-state index contributed by atoms with van der Waals surface area (Å²) < 4.78 is 0. The zero-order valence-electron chi connectivity index (χ0n) is 13.2. The molecular formula is C21H12N4. The molecule has 0 radical (unpaired) electrons. The highest BCUT2D eigenvalue weighted by molar-refractivity contribution is 5.81. The maximum atomic E-state index is 8.99. The molecule has 0 bridgehead atoms. The van der Waals surface area contributed by atoms with E-state index in [-0.39, 0.29) is 0 Å². The van der Waals surface area contributed by atoms with Gasteiger partial charge in [-0.25, -0.2) is 9.83 Å². The smallest absolute Gasteiger partial charge is 0.187 e. The van der Waals surface area contributed by atoms with E-state index < -0.39 is 0 Å². The van der Waals surface area contributed by atoms with Crippen molar-refractivity contribution in [1.29, 1.82) is 5.26 Å². The largest absolute Gasteiger partial charge is 0.338 e. The molecule has 1 N–H and O–H groups in total. The number of hydrogen-bond acceptors (Lipinski definition) is 2. The van der Waals surface area contributed by atoms with E-state index in [0.717, 1.165) is 33.5 Å². The maximum absolute atomic E-state index is 8.99. The molecule has 4 rings (SSSR count). The highest BCUT2D eigenvalue weighted by atomic mass is 14.9. The Bertz CT molecular complexity index is 1140. The lowest BCUT2D eigenvalue weighted by molar-refractivity contribution is 1.34. The Morgan fingerprint density at radius 1 is 0.880 bits per heavy atom. The van der Waals surface area contributed by atoms with Crippen LogP contribution in [-0.2, 0) is 0 Å². The number of benzene rings is 3. The predicted octanol–water partition coefficient (Wildman–Crippen LogP) is 5.32. The van der Waals surface area contributed by atoms with Crippen molar-refractivity contribution in [2.45, 2.75) is 0 Å². The average Bonchev–Trinajstić information content (AvgIpc) is 3.11. The van der Waals surface area contributed by atoms with E-state index in [1.807, 2.05) is 54.6 Å². The second-order valence-corrected chi connectivity index (χ2v) is 5.67. The number of nitriles is 1. The fraction of sp³-hybridized carbons (Fsp3) is 0. The molecule has 4 nitrogen and oxygen atoms in total. The molecule has 4 heteroatoms. The topological polar surface area (TPSA) is 56.8 Å². The highest BCUT2D eigenvalue weighted by Gasteiger charge is 2.07. The standard InChI is InChI=1S/C21H12N4/c1-23-18-9-7-16(8-10-18)15-3-5-17(6-4-15)21-24-19-11-2-14(13-22)12-20(19)25-21/h2-12H,(H,24,25). The Morgan fingerprint density at radius 3 is 2.16 bits per heavy atom. The lowest BCUT2D eigenvalue weighted by atomic mass is 10.0. The van der Waals surface area contributed by atoms with Crippen LogP contribution >= 0.6 is 0 Å². The number of hydrogen-bond donors (Lipinski definition) is 1. The molecule has 0 amide bonds. The molecule has 0 aliphatic carbocycles. The van der Waals surface area contributed by atoms with Gasteiger partial charge in [0, 0.05) is 5.56 Å². The van der Waals surface area contributed by atoms with E-state index in [1.54, 1.807) is 12.1 Å². The van der Waals surface area contributed by atoms with E-state index in [0.29, 0.717) is 11.3 Å². The molecule has 25 heavy (non-hydrogen) atoms. The van der Waals surface area contributed by atoms with Crippen molar-refractivity contribution in [2.24, 2.45) is 0 Å². The molecule has 0 saturated carbocycles. The van der Waals surface area contributed by atoms with Crippen molar-refractivity contribution in [3.05, 3.63) is 83.7 Å². The molecule has 116 valence electrons. The molecule has 0 saturated heterocycles. The van der Waals surface area contributed by atoms with Crippen LogP contribution < -0.4 is 0 Å². The van der Waals surface area contributed by atoms with Crippen LogP contribution in [0.2, 0.25) is 0 Å². The van der Waals surface area contributed by atoms with Crippen LogP contribution in [0.4, 0.5) is 5.69 Å². The van der Waals surface area contributed by atoms with Crippen LogP contribution in [0.1, 0.15) is 5.56 Å². The van der Waals surface area contributed by atoms with Gasteiger partial charge >= 0.3 is 0 Å². The summed E-state index contributed by atoms with van der Waals surface area (Å²) in [5.74, 6) is 0.778. The van der Waals surface area contributed by atoms with Gasteiger partial charge in [0.15, 0.2) is 5.69 Å². The average molecular weight is 320 g/mol. The molecule has 0 spiro atoms. The van der Waals surface area contributed by atoms with Gasteiger partial charge in [-0.15, -0.1) is 0 Å².